The van der Waals surface area contributed by atoms with E-state index < -0.39 is 5.97 Å². The van der Waals surface area contributed by atoms with Gasteiger partial charge in [0.25, 0.3) is 0 Å². The Kier molecular flexibility index (Phi) is 3.78. The molecule has 1 aliphatic rings. The van der Waals surface area contributed by atoms with E-state index in [1.54, 1.807) is 0 Å². The summed E-state index contributed by atoms with van der Waals surface area (Å²) in [6.45, 7) is 4.75. The van der Waals surface area contributed by atoms with Crippen molar-refractivity contribution in [2.75, 3.05) is 13.1 Å². The Bertz CT molecular complexity index is 381. The molecule has 17 heavy (non-hydrogen) atoms. The Labute approximate surface area is 100 Å². The van der Waals surface area contributed by atoms with Crippen LogP contribution >= 0.6 is 0 Å². The Hall–Kier alpha value is -1.36. The summed E-state index contributed by atoms with van der Waals surface area (Å²) in [4.78, 5) is 11.9. The number of hydrogen-bond donors (Lipinski definition) is 1. The fourth-order valence-corrected chi connectivity index (χ4v) is 2.45. The van der Waals surface area contributed by atoms with Crippen molar-refractivity contribution in [2.24, 2.45) is 5.92 Å². The minimum absolute atomic E-state index is 0.203. The lowest BCUT2D eigenvalue weighted by atomic mass is 9.93. The van der Waals surface area contributed by atoms with Crippen molar-refractivity contribution in [3.05, 3.63) is 17.5 Å². The molecule has 0 aromatic carbocycles. The number of nitrogens with zero attached hydrogens (tertiary/aromatic N) is 1. The van der Waals surface area contributed by atoms with Gasteiger partial charge in [0.05, 0.1) is 18.8 Å². The fraction of sp³-hybridized carbons (Fsp3) is 0.667. The molecule has 1 aromatic heterocycles. The number of carboxylic acid groups (broad SMARTS) is 1. The lowest BCUT2D eigenvalue weighted by molar-refractivity contribution is -0.920. The zero-order chi connectivity index (χ0) is 12.3. The molecule has 0 amide bonds. The Morgan fingerprint density at radius 1 is 1.59 bits per heavy atom. The molecule has 0 atom stereocenters. The fourth-order valence-electron chi connectivity index (χ4n) is 2.45. The van der Waals surface area contributed by atoms with Gasteiger partial charge in [0.15, 0.2) is 5.76 Å². The molecule has 0 bridgehead atoms. The largest absolute Gasteiger partial charge is 0.550 e. The van der Waals surface area contributed by atoms with Crippen LogP contribution in [0, 0.1) is 12.8 Å². The normalized spacial score (nSPS) is 24.8. The number of carbonyl (C=O) groups excluding carboxylic acids is 1. The molecule has 0 saturated carbocycles. The van der Waals surface area contributed by atoms with Crippen LogP contribution < -0.4 is 10.0 Å². The minimum Gasteiger partial charge on any atom is -0.550 e. The predicted octanol–water partition coefficient (Wildman–Crippen LogP) is -1.08. The molecule has 0 aliphatic carbocycles. The zero-order valence-electron chi connectivity index (χ0n) is 10.1. The van der Waals surface area contributed by atoms with Crippen molar-refractivity contribution >= 4 is 5.97 Å². The molecule has 2 heterocycles. The van der Waals surface area contributed by atoms with E-state index in [0.717, 1.165) is 43.9 Å². The molecule has 5 heteroatoms. The number of piperidine rings is 1. The van der Waals surface area contributed by atoms with Crippen LogP contribution in [-0.4, -0.2) is 24.2 Å². The van der Waals surface area contributed by atoms with Crippen LogP contribution in [0.3, 0.4) is 0 Å². The molecule has 0 spiro atoms. The molecule has 0 unspecified atom stereocenters. The molecule has 94 valence electrons. The van der Waals surface area contributed by atoms with Crippen LogP contribution in [-0.2, 0) is 11.3 Å². The van der Waals surface area contributed by atoms with Gasteiger partial charge in [-0.1, -0.05) is 5.16 Å². The summed E-state index contributed by atoms with van der Waals surface area (Å²) in [7, 11) is 0. The van der Waals surface area contributed by atoms with Gasteiger partial charge >= 0.3 is 0 Å². The second kappa shape index (κ2) is 5.31. The molecular weight excluding hydrogens is 220 g/mol. The molecule has 1 N–H and O–H groups in total. The second-order valence-corrected chi connectivity index (χ2v) is 4.88. The van der Waals surface area contributed by atoms with E-state index in [9.17, 15) is 9.90 Å². The van der Waals surface area contributed by atoms with Gasteiger partial charge in [0, 0.05) is 12.0 Å². The SMILES string of the molecule is Cc1cc(C[NH+]2CCC(CC(=O)[O-])CC2)on1. The summed E-state index contributed by atoms with van der Waals surface area (Å²) in [5.41, 5.74) is 0.909. The maximum Gasteiger partial charge on any atom is 0.191 e. The lowest BCUT2D eigenvalue weighted by Crippen LogP contribution is -3.11. The smallest absolute Gasteiger partial charge is 0.191 e. The zero-order valence-corrected chi connectivity index (χ0v) is 10.1. The third-order valence-corrected chi connectivity index (χ3v) is 3.37. The van der Waals surface area contributed by atoms with Crippen molar-refractivity contribution in [3.8, 4) is 0 Å². The minimum atomic E-state index is -0.927. The Morgan fingerprint density at radius 3 is 2.82 bits per heavy atom. The highest BCUT2D eigenvalue weighted by molar-refractivity contribution is 5.64. The summed E-state index contributed by atoms with van der Waals surface area (Å²) in [6, 6.07) is 1.96. The molecule has 0 radical (unpaired) electrons. The maximum absolute atomic E-state index is 10.5. The van der Waals surface area contributed by atoms with Crippen LogP contribution in [0.1, 0.15) is 30.7 Å². The third-order valence-electron chi connectivity index (χ3n) is 3.37. The number of carbonyl (C=O) groups is 1. The van der Waals surface area contributed by atoms with Gasteiger partial charge in [-0.15, -0.1) is 0 Å². The monoisotopic (exact) mass is 238 g/mol. The van der Waals surface area contributed by atoms with E-state index >= 15 is 0 Å². The molecule has 1 saturated heterocycles. The molecule has 1 aromatic rings. The summed E-state index contributed by atoms with van der Waals surface area (Å²) in [6.07, 6.45) is 2.11. The first kappa shape index (κ1) is 12.1. The van der Waals surface area contributed by atoms with Gasteiger partial charge < -0.3 is 19.3 Å². The summed E-state index contributed by atoms with van der Waals surface area (Å²) < 4.78 is 5.18. The van der Waals surface area contributed by atoms with Gasteiger partial charge in [0.2, 0.25) is 0 Å². The molecule has 2 rings (SSSR count). The van der Waals surface area contributed by atoms with E-state index in [1.165, 1.54) is 4.90 Å². The first-order chi connectivity index (χ1) is 8.13. The van der Waals surface area contributed by atoms with Crippen molar-refractivity contribution in [3.63, 3.8) is 0 Å². The van der Waals surface area contributed by atoms with Crippen molar-refractivity contribution in [2.45, 2.75) is 32.7 Å². The van der Waals surface area contributed by atoms with Gasteiger partial charge in [-0.3, -0.25) is 0 Å². The number of aryl methyl sites for hydroxylation is 1. The third kappa shape index (κ3) is 3.56. The number of aliphatic carboxylic acids is 1. The van der Waals surface area contributed by atoms with E-state index in [2.05, 4.69) is 5.16 Å². The highest BCUT2D eigenvalue weighted by atomic mass is 16.5. The standard InChI is InChI=1S/C12H18N2O3/c1-9-6-11(17-13-9)8-14-4-2-10(3-5-14)7-12(15)16/h6,10H,2-5,7-8H2,1H3,(H,15,16). The van der Waals surface area contributed by atoms with E-state index in [-0.39, 0.29) is 6.42 Å². The molecule has 1 fully saturated rings. The van der Waals surface area contributed by atoms with Crippen LogP contribution in [0.15, 0.2) is 10.6 Å². The quantitative estimate of drug-likeness (QED) is 0.724. The first-order valence-corrected chi connectivity index (χ1v) is 6.09. The number of aromatic nitrogens is 1. The number of quaternary nitrogens is 1. The van der Waals surface area contributed by atoms with Crippen LogP contribution in [0.4, 0.5) is 0 Å². The molecular formula is C12H18N2O3. The van der Waals surface area contributed by atoms with Crippen LogP contribution in [0.25, 0.3) is 0 Å². The van der Waals surface area contributed by atoms with Gasteiger partial charge in [-0.25, -0.2) is 0 Å². The molecule has 5 nitrogen and oxygen atoms in total. The van der Waals surface area contributed by atoms with Crippen molar-refractivity contribution in [1.82, 2.24) is 5.16 Å². The van der Waals surface area contributed by atoms with Crippen LogP contribution in [0.2, 0.25) is 0 Å². The predicted molar refractivity (Wildman–Crippen MR) is 58.0 cm³/mol. The van der Waals surface area contributed by atoms with E-state index in [4.69, 9.17) is 4.52 Å². The molecule has 1 aliphatic heterocycles. The average molecular weight is 238 g/mol. The number of hydrogen-bond acceptors (Lipinski definition) is 4. The van der Waals surface area contributed by atoms with E-state index in [1.807, 2.05) is 13.0 Å². The lowest BCUT2D eigenvalue weighted by Gasteiger charge is -2.28. The average Bonchev–Trinajstić information content (AvgIpc) is 2.66. The number of carboxylic acids is 1. The van der Waals surface area contributed by atoms with Crippen molar-refractivity contribution in [1.29, 1.82) is 0 Å². The first-order valence-electron chi connectivity index (χ1n) is 6.09. The second-order valence-electron chi connectivity index (χ2n) is 4.88. The maximum atomic E-state index is 10.5. The van der Waals surface area contributed by atoms with Gasteiger partial charge in [0.1, 0.15) is 6.54 Å². The number of nitrogens with one attached hydrogen (secondary N) is 1. The highest BCUT2D eigenvalue weighted by Crippen LogP contribution is 2.13. The summed E-state index contributed by atoms with van der Waals surface area (Å²) in [5.74, 6) is 0.278. The summed E-state index contributed by atoms with van der Waals surface area (Å²) in [5, 5.41) is 14.4. The number of likely N-dealkylation sites (tertiary alicyclic amines) is 1. The van der Waals surface area contributed by atoms with E-state index in [0.29, 0.717) is 5.92 Å². The summed E-state index contributed by atoms with van der Waals surface area (Å²) >= 11 is 0. The van der Waals surface area contributed by atoms with Gasteiger partial charge in [-0.05, 0) is 32.1 Å². The van der Waals surface area contributed by atoms with Crippen molar-refractivity contribution < 1.29 is 19.3 Å². The highest BCUT2D eigenvalue weighted by Gasteiger charge is 2.23. The van der Waals surface area contributed by atoms with Crippen LogP contribution in [0.5, 0.6) is 0 Å². The number of rotatable bonds is 4. The Balaban J connectivity index is 1.77. The topological polar surface area (TPSA) is 70.6 Å². The van der Waals surface area contributed by atoms with Gasteiger partial charge in [-0.2, -0.15) is 0 Å². The Morgan fingerprint density at radius 2 is 2.29 bits per heavy atom.